The number of unbranched alkanes of at least 4 members (excludes halogenated alkanes) is 2. The summed E-state index contributed by atoms with van der Waals surface area (Å²) in [5.74, 6) is 4.53. The minimum Gasteiger partial charge on any atom is -0.381 e. The first-order valence-corrected chi connectivity index (χ1v) is 7.13. The monoisotopic (exact) mass is 279 g/mol. The van der Waals surface area contributed by atoms with Crippen molar-refractivity contribution in [3.8, 4) is 17.9 Å². The second-order valence-electron chi connectivity index (χ2n) is 5.17. The van der Waals surface area contributed by atoms with Gasteiger partial charge in [-0.05, 0) is 19.3 Å². The molecular weight excluding hydrogens is 258 g/mol. The number of nitriles is 1. The number of ether oxygens (including phenoxy) is 4. The fourth-order valence-electron chi connectivity index (χ4n) is 2.23. The van der Waals surface area contributed by atoms with E-state index >= 15 is 0 Å². The van der Waals surface area contributed by atoms with E-state index in [1.807, 2.05) is 6.92 Å². The summed E-state index contributed by atoms with van der Waals surface area (Å²) in [7, 11) is 0. The predicted molar refractivity (Wildman–Crippen MR) is 71.3 cm³/mol. The van der Waals surface area contributed by atoms with E-state index in [-0.39, 0.29) is 0 Å². The van der Waals surface area contributed by atoms with Gasteiger partial charge >= 0.3 is 5.97 Å². The first-order valence-electron chi connectivity index (χ1n) is 7.13. The van der Waals surface area contributed by atoms with Crippen molar-refractivity contribution in [3.05, 3.63) is 0 Å². The molecule has 0 saturated carbocycles. The maximum atomic E-state index is 9.31. The molecule has 0 aromatic carbocycles. The molecule has 0 aromatic heterocycles. The number of nitrogens with zero attached hydrogens (tertiary/aromatic N) is 1. The summed E-state index contributed by atoms with van der Waals surface area (Å²) in [5, 5.41) is 9.31. The lowest BCUT2D eigenvalue weighted by atomic mass is 9.82. The molecule has 0 unspecified atom stereocenters. The zero-order valence-electron chi connectivity index (χ0n) is 12.1. The Bertz CT molecular complexity index is 423. The van der Waals surface area contributed by atoms with Crippen LogP contribution in [0.5, 0.6) is 0 Å². The highest BCUT2D eigenvalue weighted by molar-refractivity contribution is 5.15. The molecule has 5 heteroatoms. The van der Waals surface area contributed by atoms with Crippen molar-refractivity contribution in [1.29, 1.82) is 5.26 Å². The van der Waals surface area contributed by atoms with E-state index in [4.69, 9.17) is 18.9 Å². The van der Waals surface area contributed by atoms with E-state index in [0.29, 0.717) is 26.4 Å². The molecular formula is C15H21NO4. The van der Waals surface area contributed by atoms with Gasteiger partial charge < -0.3 is 14.2 Å². The van der Waals surface area contributed by atoms with Gasteiger partial charge in [-0.1, -0.05) is 19.3 Å². The smallest absolute Gasteiger partial charge is 0.354 e. The van der Waals surface area contributed by atoms with Crippen LogP contribution in [0.2, 0.25) is 0 Å². The summed E-state index contributed by atoms with van der Waals surface area (Å²) in [5.41, 5.74) is -0.544. The fraction of sp³-hybridized carbons (Fsp3) is 0.800. The van der Waals surface area contributed by atoms with Gasteiger partial charge in [-0.2, -0.15) is 5.26 Å². The van der Waals surface area contributed by atoms with Gasteiger partial charge in [0.1, 0.15) is 0 Å². The number of hydrogen-bond donors (Lipinski definition) is 0. The summed E-state index contributed by atoms with van der Waals surface area (Å²) in [6.07, 6.45) is 2.27. The molecule has 1 atom stereocenters. The first kappa shape index (κ1) is 15.3. The molecule has 0 aromatic rings. The van der Waals surface area contributed by atoms with Crippen LogP contribution < -0.4 is 0 Å². The summed E-state index contributed by atoms with van der Waals surface area (Å²) in [4.78, 5) is 0. The van der Waals surface area contributed by atoms with Crippen LogP contribution in [-0.4, -0.2) is 38.5 Å². The van der Waals surface area contributed by atoms with E-state index in [1.54, 1.807) is 0 Å². The minimum absolute atomic E-state index is 0.369. The Morgan fingerprint density at radius 1 is 1.30 bits per heavy atom. The van der Waals surface area contributed by atoms with Gasteiger partial charge in [0.05, 0.1) is 31.3 Å². The highest BCUT2D eigenvalue weighted by Gasteiger charge is 2.58. The van der Waals surface area contributed by atoms with Crippen molar-refractivity contribution in [2.45, 2.75) is 45.2 Å². The Balaban J connectivity index is 2.05. The van der Waals surface area contributed by atoms with Gasteiger partial charge in [0.2, 0.25) is 0 Å². The molecule has 0 radical (unpaired) electrons. The standard InChI is InChI=1S/C15H21NO4/c1-3-5-6-7-8-15-18-11-14(12-19-15,10-17-4-2)13(9-16)20-15/h13H,3-6,10-12H2,1-2H3/t13-,14?,15?/m1/s1. The second kappa shape index (κ2) is 6.56. The van der Waals surface area contributed by atoms with E-state index < -0.39 is 17.5 Å². The Morgan fingerprint density at radius 2 is 2.05 bits per heavy atom. The molecule has 0 aliphatic carbocycles. The van der Waals surface area contributed by atoms with Gasteiger partial charge in [-0.15, -0.1) is 0 Å². The van der Waals surface area contributed by atoms with Crippen molar-refractivity contribution in [1.82, 2.24) is 0 Å². The van der Waals surface area contributed by atoms with Gasteiger partial charge in [-0.3, -0.25) is 4.74 Å². The Hall–Kier alpha value is -1.11. The average Bonchev–Trinajstić information content (AvgIpc) is 2.51. The van der Waals surface area contributed by atoms with Crippen LogP contribution in [0.25, 0.3) is 0 Å². The van der Waals surface area contributed by atoms with Crippen LogP contribution in [0.4, 0.5) is 0 Å². The van der Waals surface area contributed by atoms with Crippen LogP contribution in [0.15, 0.2) is 0 Å². The van der Waals surface area contributed by atoms with E-state index in [1.165, 1.54) is 0 Å². The highest BCUT2D eigenvalue weighted by Crippen LogP contribution is 2.42. The largest absolute Gasteiger partial charge is 0.381 e. The quantitative estimate of drug-likeness (QED) is 0.567. The fourth-order valence-corrected chi connectivity index (χ4v) is 2.23. The van der Waals surface area contributed by atoms with E-state index in [9.17, 15) is 5.26 Å². The maximum absolute atomic E-state index is 9.31. The Labute approximate surface area is 120 Å². The van der Waals surface area contributed by atoms with Crippen LogP contribution in [0.1, 0.15) is 33.1 Å². The molecule has 2 bridgehead atoms. The van der Waals surface area contributed by atoms with E-state index in [2.05, 4.69) is 24.8 Å². The Morgan fingerprint density at radius 3 is 2.65 bits per heavy atom. The summed E-state index contributed by atoms with van der Waals surface area (Å²) >= 11 is 0. The molecule has 110 valence electrons. The third-order valence-electron chi connectivity index (χ3n) is 3.54. The molecule has 0 spiro atoms. The van der Waals surface area contributed by atoms with Crippen LogP contribution in [0, 0.1) is 28.6 Å². The number of hydrogen-bond acceptors (Lipinski definition) is 5. The molecule has 0 amide bonds. The third-order valence-corrected chi connectivity index (χ3v) is 3.54. The summed E-state index contributed by atoms with van der Waals surface area (Å²) in [6.45, 7) is 5.73. The molecule has 3 aliphatic rings. The van der Waals surface area contributed by atoms with Crippen molar-refractivity contribution < 1.29 is 18.9 Å². The maximum Gasteiger partial charge on any atom is 0.354 e. The molecule has 20 heavy (non-hydrogen) atoms. The van der Waals surface area contributed by atoms with Crippen LogP contribution >= 0.6 is 0 Å². The van der Waals surface area contributed by atoms with Gasteiger partial charge in [-0.25, -0.2) is 0 Å². The lowest BCUT2D eigenvalue weighted by molar-refractivity contribution is -0.455. The second-order valence-corrected chi connectivity index (χ2v) is 5.17. The first-order chi connectivity index (χ1) is 9.70. The number of rotatable bonds is 5. The highest BCUT2D eigenvalue weighted by atomic mass is 16.9. The normalized spacial score (nSPS) is 35.1. The minimum atomic E-state index is -1.36. The lowest BCUT2D eigenvalue weighted by Crippen LogP contribution is -2.65. The summed E-state index contributed by atoms with van der Waals surface area (Å²) < 4.78 is 22.3. The predicted octanol–water partition coefficient (Wildman–Crippen LogP) is 1.83. The van der Waals surface area contributed by atoms with Crippen LogP contribution in [0.3, 0.4) is 0 Å². The van der Waals surface area contributed by atoms with Gasteiger partial charge in [0.25, 0.3) is 0 Å². The van der Waals surface area contributed by atoms with Crippen molar-refractivity contribution in [2.75, 3.05) is 26.4 Å². The van der Waals surface area contributed by atoms with Gasteiger partial charge in [0, 0.05) is 13.0 Å². The SMILES string of the molecule is CCCCC#CC12OCC(COCC)(CO1)[C@@H](C#N)O2. The number of fused-ring (bicyclic) bond motifs is 3. The third kappa shape index (κ3) is 2.97. The molecule has 3 fully saturated rings. The van der Waals surface area contributed by atoms with E-state index in [0.717, 1.165) is 19.3 Å². The van der Waals surface area contributed by atoms with Crippen LogP contribution in [-0.2, 0) is 18.9 Å². The van der Waals surface area contributed by atoms with Crippen molar-refractivity contribution in [2.24, 2.45) is 5.41 Å². The molecule has 3 aliphatic heterocycles. The molecule has 3 rings (SSSR count). The summed E-state index contributed by atoms with van der Waals surface area (Å²) in [6, 6.07) is 2.18. The Kier molecular flexibility index (Phi) is 5.01. The lowest BCUT2D eigenvalue weighted by Gasteiger charge is -2.51. The zero-order valence-corrected chi connectivity index (χ0v) is 12.1. The molecule has 3 saturated heterocycles. The zero-order chi connectivity index (χ0) is 14.5. The molecule has 0 N–H and O–H groups in total. The molecule has 3 heterocycles. The topological polar surface area (TPSA) is 60.7 Å². The van der Waals surface area contributed by atoms with Crippen molar-refractivity contribution >= 4 is 0 Å². The van der Waals surface area contributed by atoms with Crippen molar-refractivity contribution in [3.63, 3.8) is 0 Å². The molecule has 5 nitrogen and oxygen atoms in total. The average molecular weight is 279 g/mol. The van der Waals surface area contributed by atoms with Gasteiger partial charge in [0.15, 0.2) is 6.10 Å².